The molecule has 10 aliphatic rings. The van der Waals surface area contributed by atoms with Gasteiger partial charge in [0, 0.05) is 130 Å². The molecular formula is C105H132N6O2. The molecule has 5 aliphatic carbocycles. The number of nitrogens with zero attached hydrogens (tertiary/aromatic N) is 6. The summed E-state index contributed by atoms with van der Waals surface area (Å²) in [4.78, 5) is 16.0. The van der Waals surface area contributed by atoms with Gasteiger partial charge in [-0.05, 0) is 291 Å². The van der Waals surface area contributed by atoms with Crippen LogP contribution in [0.5, 0.6) is 0 Å². The summed E-state index contributed by atoms with van der Waals surface area (Å²) >= 11 is 0. The van der Waals surface area contributed by atoms with Crippen LogP contribution >= 0.6 is 0 Å². The smallest absolute Gasteiger partial charge is 0.158 e. The molecule has 5 aliphatic heterocycles. The second-order valence-corrected chi connectivity index (χ2v) is 38.2. The summed E-state index contributed by atoms with van der Waals surface area (Å²) in [6, 6.07) is 62.7. The summed E-state index contributed by atoms with van der Waals surface area (Å²) in [5, 5.41) is 3.94. The summed E-state index contributed by atoms with van der Waals surface area (Å²) in [6.45, 7) is 36.0. The molecular weight excluding hydrogens is 1380 g/mol. The van der Waals surface area contributed by atoms with Gasteiger partial charge in [-0.3, -0.25) is 0 Å². The quantitative estimate of drug-likeness (QED) is 0.169. The van der Waals surface area contributed by atoms with Crippen molar-refractivity contribution in [3.05, 3.63) is 227 Å². The zero-order valence-corrected chi connectivity index (χ0v) is 71.2. The van der Waals surface area contributed by atoms with Crippen molar-refractivity contribution in [2.75, 3.05) is 24.5 Å². The van der Waals surface area contributed by atoms with Crippen molar-refractivity contribution in [2.45, 2.75) is 293 Å². The molecule has 4 bridgehead atoms. The highest BCUT2D eigenvalue weighted by Gasteiger charge is 2.66. The maximum absolute atomic E-state index is 9.52. The van der Waals surface area contributed by atoms with E-state index in [2.05, 4.69) is 263 Å². The zero-order chi connectivity index (χ0) is 90.4. The maximum atomic E-state index is 9.52. The molecule has 594 valence electrons. The fourth-order valence-corrected chi connectivity index (χ4v) is 23.6. The highest BCUT2D eigenvalue weighted by Crippen LogP contribution is 2.70. The first-order valence-corrected chi connectivity index (χ1v) is 42.5. The van der Waals surface area contributed by atoms with Crippen molar-refractivity contribution in [3.8, 4) is 0 Å². The van der Waals surface area contributed by atoms with Crippen molar-refractivity contribution in [1.29, 1.82) is 0 Å². The second kappa shape index (κ2) is 28.7. The number of furan rings is 2. The van der Waals surface area contributed by atoms with Crippen molar-refractivity contribution in [2.24, 2.45) is 39.9 Å². The van der Waals surface area contributed by atoms with Crippen LogP contribution in [0.25, 0.3) is 43.9 Å². The van der Waals surface area contributed by atoms with Gasteiger partial charge in [0.25, 0.3) is 0 Å². The number of aromatic nitrogens is 1. The Balaban J connectivity index is 0.000000117. The molecule has 2 spiro atoms. The third-order valence-corrected chi connectivity index (χ3v) is 29.4. The van der Waals surface area contributed by atoms with Crippen LogP contribution in [0.4, 0.5) is 39.9 Å². The molecule has 0 amide bonds. The molecule has 8 nitrogen and oxygen atoms in total. The molecule has 8 aromatic carbocycles. The normalized spacial score (nSPS) is 30.2. The topological polar surface area (TPSA) is 55.4 Å². The van der Waals surface area contributed by atoms with Crippen LogP contribution in [0.15, 0.2) is 197 Å². The van der Waals surface area contributed by atoms with Gasteiger partial charge in [0.1, 0.15) is 17.0 Å². The number of hydrogen-bond donors (Lipinski definition) is 0. The summed E-state index contributed by atoms with van der Waals surface area (Å²) < 4.78 is 118. The van der Waals surface area contributed by atoms with Gasteiger partial charge in [-0.25, -0.2) is 4.98 Å². The molecule has 5 atom stereocenters. The fraction of sp³-hybridized carbons (Fsp3) is 0.495. The van der Waals surface area contributed by atoms with Crippen LogP contribution in [0.2, 0.25) is 0 Å². The Labute approximate surface area is 695 Å². The Kier molecular flexibility index (Phi) is 16.5. The van der Waals surface area contributed by atoms with Crippen molar-refractivity contribution in [1.82, 2.24) is 4.98 Å². The number of para-hydroxylation sites is 6. The third kappa shape index (κ3) is 13.0. The SMILES string of the molecule is Cc1ccccc1N1c2ccccc2C(C)(C)C1C.Cc1ccccc1N1c2ncccc2C(C)(C)C1C.[2H]C([2H])([2H])C1(C([2H])([2H])[2H])C(C)N(c2c(C)ccc3c2oc2ccccc23)C(C)(C)C1([2H])[2H].[2H]C1([2H])C2(C3CC4CC(C3)CC2C4)C(C)N(c2ccccc2C)C1(C)C.[2H]C1([2H])C2(CCCCC2)C(C)N(c2c(C)ccc3c2oc2ccccc23)C1(C)C. The van der Waals surface area contributed by atoms with Gasteiger partial charge in [-0.2, -0.15) is 0 Å². The van der Waals surface area contributed by atoms with Crippen LogP contribution in [0, 0.1) is 74.5 Å². The molecule has 8 heteroatoms. The molecule has 8 fully saturated rings. The highest BCUT2D eigenvalue weighted by atomic mass is 16.3. The Hall–Kier alpha value is -8.49. The average Bonchev–Trinajstić information content (AvgIpc) is 1.42. The Morgan fingerprint density at radius 1 is 0.381 bits per heavy atom. The maximum Gasteiger partial charge on any atom is 0.158 e. The number of anilines is 7. The molecule has 0 radical (unpaired) electrons. The largest absolute Gasteiger partial charge is 0.454 e. The van der Waals surface area contributed by atoms with Crippen molar-refractivity contribution < 1.29 is 25.3 Å². The number of aryl methyl sites for hydroxylation is 5. The lowest BCUT2D eigenvalue weighted by Crippen LogP contribution is -2.57. The molecule has 21 rings (SSSR count). The lowest BCUT2D eigenvalue weighted by molar-refractivity contribution is -0.113. The predicted octanol–water partition coefficient (Wildman–Crippen LogP) is 28.4. The van der Waals surface area contributed by atoms with Gasteiger partial charge >= 0.3 is 0 Å². The molecule has 11 aromatic rings. The number of pyridine rings is 1. The van der Waals surface area contributed by atoms with E-state index < -0.39 is 60.9 Å². The molecule has 0 N–H and O–H groups in total. The summed E-state index contributed by atoms with van der Waals surface area (Å²) in [5.41, 5.74) is 12.9. The van der Waals surface area contributed by atoms with Crippen molar-refractivity contribution in [3.63, 3.8) is 0 Å². The second-order valence-electron chi connectivity index (χ2n) is 38.2. The number of hydrogen-bond acceptors (Lipinski definition) is 8. The van der Waals surface area contributed by atoms with Crippen LogP contribution in [-0.2, 0) is 10.8 Å². The minimum absolute atomic E-state index is 0.116. The van der Waals surface area contributed by atoms with Crippen LogP contribution in [0.3, 0.4) is 0 Å². The van der Waals surface area contributed by atoms with E-state index in [9.17, 15) is 5.48 Å². The Bertz CT molecular complexity index is 5750. The number of fused-ring (bicyclic) bond motifs is 8. The highest BCUT2D eigenvalue weighted by molar-refractivity contribution is 6.11. The molecule has 113 heavy (non-hydrogen) atoms. The van der Waals surface area contributed by atoms with Crippen LogP contribution < -0.4 is 24.5 Å². The molecule has 8 heterocycles. The van der Waals surface area contributed by atoms with Gasteiger partial charge < -0.3 is 33.3 Å². The van der Waals surface area contributed by atoms with Gasteiger partial charge in [0.15, 0.2) is 11.2 Å². The molecule has 3 saturated heterocycles. The molecule has 5 saturated carbocycles. The van der Waals surface area contributed by atoms with Crippen molar-refractivity contribution >= 4 is 83.8 Å². The van der Waals surface area contributed by atoms with Gasteiger partial charge in [0.05, 0.1) is 11.4 Å². The lowest BCUT2D eigenvalue weighted by atomic mass is 9.43. The van der Waals surface area contributed by atoms with E-state index in [1.807, 2.05) is 67.7 Å². The first kappa shape index (κ1) is 64.7. The van der Waals surface area contributed by atoms with Gasteiger partial charge in [0.2, 0.25) is 0 Å². The number of benzene rings is 8. The number of rotatable bonds is 5. The summed E-state index contributed by atoms with van der Waals surface area (Å²) in [5.74, 6) is 3.99. The fourth-order valence-electron chi connectivity index (χ4n) is 23.6. The first-order valence-electron chi connectivity index (χ1n) is 48.5. The summed E-state index contributed by atoms with van der Waals surface area (Å²) in [6.07, 6.45) is 8.77. The minimum Gasteiger partial charge on any atom is -0.454 e. The van der Waals surface area contributed by atoms with E-state index in [0.717, 1.165) is 92.9 Å². The van der Waals surface area contributed by atoms with E-state index in [1.54, 1.807) is 18.7 Å². The first-order chi connectivity index (χ1) is 58.5. The average molecular weight is 1520 g/mol. The van der Waals surface area contributed by atoms with E-state index in [4.69, 9.17) is 19.8 Å². The van der Waals surface area contributed by atoms with E-state index >= 15 is 0 Å². The Morgan fingerprint density at radius 3 is 1.34 bits per heavy atom. The monoisotopic (exact) mass is 1520 g/mol. The molecule has 3 aromatic heterocycles. The minimum atomic E-state index is -3.08. The standard InChI is InChI=1S/C25H31NO.C23H33N.C22H27NO.C18H21N.C17H20N2/c1-17-12-13-20-19-10-6-7-11-21(19)27-23(20)22(17)26-18(2)25(16-24(26,3)4)14-8-5-9-15-25;1-15-7-5-6-8-21(15)24-16(2)23(14-22(24,3)4)19-10-17-9-18(12-19)13-20(23)11-17;1-14-11-12-17-16-9-7-8-10-18(16)24-20(17)19(14)23-15(2)21(3,4)13-22(23,5)6;1-13-9-5-7-11-16(13)19-14(2)18(3,4)15-10-6-8-12-17(15)19;1-12-8-5-6-10-15(12)19-13(2)17(3,4)14-9-7-11-18-16(14)19/h6-7,10-13,18H,5,8-9,14-16H2,1-4H3;5-8,16-20H,9-14H2,1-4H3;7-12,15H,13H2,1-6H3;5-12,14H,1-4H3;5-11,13H,1-4H3/i16D2;14D2;3D3,4D3,13D2;;. The Morgan fingerprint density at radius 2 is 0.814 bits per heavy atom. The van der Waals surface area contributed by atoms with Gasteiger partial charge in [-0.15, -0.1) is 0 Å². The van der Waals surface area contributed by atoms with Crippen LogP contribution in [0.1, 0.15) is 256 Å². The lowest BCUT2D eigenvalue weighted by Gasteiger charge is -2.62. The summed E-state index contributed by atoms with van der Waals surface area (Å²) in [7, 11) is 0. The van der Waals surface area contributed by atoms with Gasteiger partial charge in [-0.1, -0.05) is 200 Å². The third-order valence-electron chi connectivity index (χ3n) is 29.4. The van der Waals surface area contributed by atoms with E-state index in [1.165, 1.54) is 96.0 Å². The van der Waals surface area contributed by atoms with E-state index in [-0.39, 0.29) is 33.7 Å². The van der Waals surface area contributed by atoms with Crippen LogP contribution in [-0.4, -0.2) is 51.8 Å². The zero-order valence-electron chi connectivity index (χ0n) is 83.2. The van der Waals surface area contributed by atoms with E-state index in [0.29, 0.717) is 40.8 Å². The molecule has 5 unspecified atom stereocenters. The predicted molar refractivity (Wildman–Crippen MR) is 481 cm³/mol.